The van der Waals surface area contributed by atoms with Crippen molar-refractivity contribution in [2.24, 2.45) is 0 Å². The number of anilines is 1. The Morgan fingerprint density at radius 1 is 1.03 bits per heavy atom. The predicted octanol–water partition coefficient (Wildman–Crippen LogP) is 4.12. The van der Waals surface area contributed by atoms with Crippen LogP contribution in [0.25, 0.3) is 10.9 Å². The van der Waals surface area contributed by atoms with Crippen LogP contribution >= 0.6 is 0 Å². The highest BCUT2D eigenvalue weighted by atomic mass is 16.2. The van der Waals surface area contributed by atoms with Crippen LogP contribution in [0.15, 0.2) is 58.1 Å². The van der Waals surface area contributed by atoms with Gasteiger partial charge in [-0.1, -0.05) is 44.5 Å². The normalized spacial score (nSPS) is 12.1. The van der Waals surface area contributed by atoms with Crippen molar-refractivity contribution in [2.75, 3.05) is 5.32 Å². The third-order valence-electron chi connectivity index (χ3n) is 5.47. The van der Waals surface area contributed by atoms with E-state index in [2.05, 4.69) is 12.2 Å². The Kier molecular flexibility index (Phi) is 6.87. The minimum absolute atomic E-state index is 0.159. The maximum atomic E-state index is 13.1. The lowest BCUT2D eigenvalue weighted by Crippen LogP contribution is -2.43. The smallest absolute Gasteiger partial charge is 0.325 e. The number of para-hydroxylation sites is 1. The Morgan fingerprint density at radius 2 is 1.73 bits per heavy atom. The Balaban J connectivity index is 1.90. The number of amides is 1. The molecule has 0 saturated heterocycles. The van der Waals surface area contributed by atoms with Crippen LogP contribution < -0.4 is 16.6 Å². The van der Waals surface area contributed by atoms with E-state index in [1.165, 1.54) is 14.7 Å². The van der Waals surface area contributed by atoms with Crippen LogP contribution in [0.2, 0.25) is 0 Å². The van der Waals surface area contributed by atoms with Gasteiger partial charge in [0.05, 0.1) is 10.9 Å². The summed E-state index contributed by atoms with van der Waals surface area (Å²) < 4.78 is 2.63. The lowest BCUT2D eigenvalue weighted by molar-refractivity contribution is -0.116. The maximum Gasteiger partial charge on any atom is 0.332 e. The third kappa shape index (κ3) is 4.53. The topological polar surface area (TPSA) is 73.1 Å². The van der Waals surface area contributed by atoms with E-state index in [0.29, 0.717) is 23.0 Å². The Labute approximate surface area is 176 Å². The van der Waals surface area contributed by atoms with Crippen LogP contribution in [0.1, 0.15) is 51.6 Å². The number of rotatable bonds is 8. The predicted molar refractivity (Wildman–Crippen MR) is 121 cm³/mol. The summed E-state index contributed by atoms with van der Waals surface area (Å²) in [5.41, 5.74) is 1.62. The first kappa shape index (κ1) is 21.6. The van der Waals surface area contributed by atoms with Gasteiger partial charge in [0.15, 0.2) is 0 Å². The molecule has 0 saturated carbocycles. The molecule has 0 radical (unpaired) electrons. The van der Waals surface area contributed by atoms with Gasteiger partial charge in [-0.05, 0) is 56.0 Å². The molecule has 1 aromatic heterocycles. The molecule has 0 aliphatic rings. The van der Waals surface area contributed by atoms with Crippen molar-refractivity contribution in [1.82, 2.24) is 9.13 Å². The lowest BCUT2D eigenvalue weighted by Gasteiger charge is -2.17. The van der Waals surface area contributed by atoms with Crippen molar-refractivity contribution in [2.45, 2.75) is 59.0 Å². The van der Waals surface area contributed by atoms with E-state index in [4.69, 9.17) is 0 Å². The van der Waals surface area contributed by atoms with Gasteiger partial charge >= 0.3 is 5.69 Å². The molecule has 1 heterocycles. The molecule has 3 rings (SSSR count). The molecule has 1 amide bonds. The van der Waals surface area contributed by atoms with Crippen LogP contribution in [0.4, 0.5) is 5.69 Å². The Bertz CT molecular complexity index is 1140. The Hall–Kier alpha value is -3.15. The second kappa shape index (κ2) is 9.57. The molecular formula is C24H29N3O3. The molecule has 0 bridgehead atoms. The van der Waals surface area contributed by atoms with Crippen molar-refractivity contribution in [3.63, 3.8) is 0 Å². The first-order valence-corrected chi connectivity index (χ1v) is 10.6. The molecule has 2 aromatic carbocycles. The molecule has 0 aliphatic carbocycles. The zero-order valence-corrected chi connectivity index (χ0v) is 17.9. The molecule has 6 heteroatoms. The number of benzene rings is 2. The van der Waals surface area contributed by atoms with E-state index in [1.54, 1.807) is 24.3 Å². The van der Waals surface area contributed by atoms with E-state index in [1.807, 2.05) is 38.1 Å². The van der Waals surface area contributed by atoms with Gasteiger partial charge in [0, 0.05) is 11.7 Å². The van der Waals surface area contributed by atoms with Crippen LogP contribution in [0.5, 0.6) is 0 Å². The van der Waals surface area contributed by atoms with Crippen LogP contribution in [0, 0.1) is 0 Å². The van der Waals surface area contributed by atoms with Gasteiger partial charge in [-0.2, -0.15) is 0 Å². The molecule has 0 fully saturated rings. The number of hydrogen-bond donors (Lipinski definition) is 1. The summed E-state index contributed by atoms with van der Waals surface area (Å²) in [7, 11) is 0. The first-order chi connectivity index (χ1) is 14.5. The van der Waals surface area contributed by atoms with Gasteiger partial charge in [0.25, 0.3) is 5.56 Å². The summed E-state index contributed by atoms with van der Waals surface area (Å²) in [5.74, 6) is -0.307. The summed E-state index contributed by atoms with van der Waals surface area (Å²) in [6, 6.07) is 14.4. The van der Waals surface area contributed by atoms with Crippen LogP contribution in [-0.4, -0.2) is 15.0 Å². The van der Waals surface area contributed by atoms with Gasteiger partial charge in [0.1, 0.15) is 6.54 Å². The molecule has 1 unspecified atom stereocenters. The SMILES string of the molecule is CCCCc1ccc(NC(=O)Cn2c(=O)n(C(C)CC)c(=O)c3ccccc32)cc1. The zero-order valence-electron chi connectivity index (χ0n) is 17.9. The monoisotopic (exact) mass is 407 g/mol. The number of hydrogen-bond acceptors (Lipinski definition) is 3. The number of carbonyl (C=O) groups is 1. The molecule has 158 valence electrons. The standard InChI is InChI=1S/C24H29N3O3/c1-4-6-9-18-12-14-19(15-13-18)25-22(28)16-26-21-11-8-7-10-20(21)23(29)27(24(26)30)17(3)5-2/h7-8,10-15,17H,4-6,9,16H2,1-3H3,(H,25,28). The number of carbonyl (C=O) groups excluding carboxylic acids is 1. The van der Waals surface area contributed by atoms with Gasteiger partial charge in [0.2, 0.25) is 5.91 Å². The van der Waals surface area contributed by atoms with Gasteiger partial charge in [-0.3, -0.25) is 18.7 Å². The van der Waals surface area contributed by atoms with E-state index >= 15 is 0 Å². The average molecular weight is 408 g/mol. The van der Waals surface area contributed by atoms with Crippen molar-refractivity contribution < 1.29 is 4.79 Å². The third-order valence-corrected chi connectivity index (χ3v) is 5.47. The second-order valence-corrected chi connectivity index (χ2v) is 7.67. The van der Waals surface area contributed by atoms with Gasteiger partial charge in [-0.15, -0.1) is 0 Å². The minimum atomic E-state index is -0.460. The molecule has 0 aliphatic heterocycles. The molecule has 1 atom stereocenters. The number of fused-ring (bicyclic) bond motifs is 1. The second-order valence-electron chi connectivity index (χ2n) is 7.67. The fourth-order valence-electron chi connectivity index (χ4n) is 3.54. The number of nitrogens with zero attached hydrogens (tertiary/aromatic N) is 2. The molecular weight excluding hydrogens is 378 g/mol. The van der Waals surface area contributed by atoms with E-state index in [-0.39, 0.29) is 24.1 Å². The number of unbranched alkanes of at least 4 members (excludes halogenated alkanes) is 1. The molecule has 1 N–H and O–H groups in total. The van der Waals surface area contributed by atoms with Crippen molar-refractivity contribution in [3.05, 3.63) is 74.9 Å². The highest BCUT2D eigenvalue weighted by molar-refractivity contribution is 5.91. The highest BCUT2D eigenvalue weighted by Gasteiger charge is 2.18. The molecule has 6 nitrogen and oxygen atoms in total. The zero-order chi connectivity index (χ0) is 21.7. The van der Waals surface area contributed by atoms with Gasteiger partial charge in [-0.25, -0.2) is 4.79 Å². The molecule has 3 aromatic rings. The quantitative estimate of drug-likeness (QED) is 0.611. The van der Waals surface area contributed by atoms with Crippen LogP contribution in [0.3, 0.4) is 0 Å². The molecule has 0 spiro atoms. The summed E-state index contributed by atoms with van der Waals surface area (Å²) in [5, 5.41) is 3.29. The van der Waals surface area contributed by atoms with E-state index < -0.39 is 5.69 Å². The van der Waals surface area contributed by atoms with Crippen molar-refractivity contribution in [1.29, 1.82) is 0 Å². The first-order valence-electron chi connectivity index (χ1n) is 10.6. The highest BCUT2D eigenvalue weighted by Crippen LogP contribution is 2.14. The number of aromatic nitrogens is 2. The van der Waals surface area contributed by atoms with Crippen molar-refractivity contribution >= 4 is 22.5 Å². The summed E-state index contributed by atoms with van der Waals surface area (Å²) in [6.45, 7) is 5.76. The average Bonchev–Trinajstić information content (AvgIpc) is 2.76. The summed E-state index contributed by atoms with van der Waals surface area (Å²) in [4.78, 5) is 38.6. The molecule has 30 heavy (non-hydrogen) atoms. The summed E-state index contributed by atoms with van der Waals surface area (Å²) in [6.07, 6.45) is 3.93. The Morgan fingerprint density at radius 3 is 2.40 bits per heavy atom. The fraction of sp³-hybridized carbons (Fsp3) is 0.375. The van der Waals surface area contributed by atoms with E-state index in [0.717, 1.165) is 19.3 Å². The minimum Gasteiger partial charge on any atom is -0.325 e. The van der Waals surface area contributed by atoms with Gasteiger partial charge < -0.3 is 5.32 Å². The summed E-state index contributed by atoms with van der Waals surface area (Å²) >= 11 is 0. The fourth-order valence-corrected chi connectivity index (χ4v) is 3.54. The van der Waals surface area contributed by atoms with E-state index in [9.17, 15) is 14.4 Å². The van der Waals surface area contributed by atoms with Crippen molar-refractivity contribution in [3.8, 4) is 0 Å². The number of aryl methyl sites for hydroxylation is 1. The lowest BCUT2D eigenvalue weighted by atomic mass is 10.1. The number of nitrogens with one attached hydrogen (secondary N) is 1. The largest absolute Gasteiger partial charge is 0.332 e. The maximum absolute atomic E-state index is 13.1. The van der Waals surface area contributed by atoms with Crippen LogP contribution in [-0.2, 0) is 17.8 Å².